The first-order valence-electron chi connectivity index (χ1n) is 37.6. The van der Waals surface area contributed by atoms with Crippen molar-refractivity contribution in [1.29, 1.82) is 0 Å². The number of hydrogen-bond acceptors (Lipinski definition) is 8. The number of phosphoric acid groups is 1. The summed E-state index contributed by atoms with van der Waals surface area (Å²) >= 11 is 0. The van der Waals surface area contributed by atoms with Gasteiger partial charge in [0, 0.05) is 12.8 Å². The van der Waals surface area contributed by atoms with E-state index in [1.807, 2.05) is 21.1 Å². The highest BCUT2D eigenvalue weighted by Crippen LogP contribution is 2.38. The molecule has 0 saturated heterocycles. The first-order valence-corrected chi connectivity index (χ1v) is 39.1. The van der Waals surface area contributed by atoms with Crippen molar-refractivity contribution >= 4 is 19.8 Å². The van der Waals surface area contributed by atoms with Crippen molar-refractivity contribution < 1.29 is 42.1 Å². The molecule has 10 heteroatoms. The normalized spacial score (nSPS) is 13.7. The van der Waals surface area contributed by atoms with E-state index in [9.17, 15) is 19.0 Å². The van der Waals surface area contributed by atoms with Crippen molar-refractivity contribution in [3.05, 3.63) is 109 Å². The third-order valence-electron chi connectivity index (χ3n) is 16.3. The molecule has 0 aromatic heterocycles. The Balaban J connectivity index is 3.99. The molecule has 0 aliphatic carbocycles. The van der Waals surface area contributed by atoms with Crippen LogP contribution in [0.4, 0.5) is 0 Å². The van der Waals surface area contributed by atoms with Crippen LogP contribution in [-0.4, -0.2) is 70.0 Å². The van der Waals surface area contributed by atoms with Gasteiger partial charge in [-0.2, -0.15) is 0 Å². The van der Waals surface area contributed by atoms with Gasteiger partial charge >= 0.3 is 11.9 Å². The Morgan fingerprint density at radius 2 is 0.633 bits per heavy atom. The Kier molecular flexibility index (Phi) is 67.4. The van der Waals surface area contributed by atoms with Crippen molar-refractivity contribution in [3.63, 3.8) is 0 Å². The van der Waals surface area contributed by atoms with E-state index < -0.39 is 26.5 Å². The highest BCUT2D eigenvalue weighted by Gasteiger charge is 2.22. The number of unbranched alkanes of at least 4 members (excludes halogenated alkanes) is 37. The average Bonchev–Trinajstić information content (AvgIpc) is 3.58. The number of carbonyl (C=O) groups excluding carboxylic acids is 2. The largest absolute Gasteiger partial charge is 0.756 e. The van der Waals surface area contributed by atoms with Crippen LogP contribution in [0.3, 0.4) is 0 Å². The highest BCUT2D eigenvalue weighted by molar-refractivity contribution is 7.45. The maximum Gasteiger partial charge on any atom is 0.306 e. The smallest absolute Gasteiger partial charge is 0.306 e. The van der Waals surface area contributed by atoms with Crippen LogP contribution in [0.1, 0.15) is 335 Å². The van der Waals surface area contributed by atoms with Crippen molar-refractivity contribution in [1.82, 2.24) is 0 Å². The van der Waals surface area contributed by atoms with E-state index in [4.69, 9.17) is 18.5 Å². The topological polar surface area (TPSA) is 111 Å². The van der Waals surface area contributed by atoms with Crippen LogP contribution in [-0.2, 0) is 32.7 Å². The number of rotatable bonds is 69. The number of esters is 2. The maximum atomic E-state index is 12.9. The second-order valence-electron chi connectivity index (χ2n) is 26.3. The molecule has 0 N–H and O–H groups in total. The summed E-state index contributed by atoms with van der Waals surface area (Å²) in [5, 5.41) is 0. The van der Waals surface area contributed by atoms with Gasteiger partial charge in [0.1, 0.15) is 19.8 Å². The van der Waals surface area contributed by atoms with Gasteiger partial charge in [-0.25, -0.2) is 0 Å². The van der Waals surface area contributed by atoms with E-state index >= 15 is 0 Å². The fourth-order valence-electron chi connectivity index (χ4n) is 10.6. The molecule has 0 aliphatic heterocycles. The monoisotopic (exact) mass is 1280 g/mol. The molecular weight excluding hydrogens is 1130 g/mol. The first-order chi connectivity index (χ1) is 44.0. The number of carbonyl (C=O) groups is 2. The standard InChI is InChI=1S/C80H142NO8P/c1-6-8-10-12-14-16-18-20-22-24-26-28-30-32-34-35-36-37-38-39-40-41-42-43-44-45-47-49-51-53-55-57-59-61-63-65-67-69-71-73-80(83)89-78(77-88-90(84,85)87-75-74-81(3,4)5)76-86-79(82)72-70-68-66-64-62-60-58-56-54-52-50-48-46-33-31-29-27-25-23-21-19-17-15-13-11-9-7-2/h8,10,14,16,19-22,25-28,32,34,36-37,39-40,78H,6-7,9,11-13,15,17-18,23-24,29-31,33,35,38,41-77H2,1-5H3/b10-8-,16-14-,21-19-,22-20-,27-25-,28-26-,34-32-,37-36-,40-39-. The molecule has 0 bridgehead atoms. The highest BCUT2D eigenvalue weighted by atomic mass is 31.2. The minimum absolute atomic E-state index is 0.0324. The summed E-state index contributed by atoms with van der Waals surface area (Å²) in [6.45, 7) is 4.15. The minimum atomic E-state index is -4.65. The van der Waals surface area contributed by atoms with Gasteiger partial charge in [-0.15, -0.1) is 0 Å². The molecule has 0 radical (unpaired) electrons. The van der Waals surface area contributed by atoms with Crippen LogP contribution in [0, 0.1) is 0 Å². The molecule has 0 saturated carbocycles. The molecule has 9 nitrogen and oxygen atoms in total. The van der Waals surface area contributed by atoms with Gasteiger partial charge in [0.25, 0.3) is 7.82 Å². The molecule has 0 fully saturated rings. The number of quaternary nitrogens is 1. The predicted octanol–water partition coefficient (Wildman–Crippen LogP) is 24.2. The zero-order chi connectivity index (χ0) is 65.5. The molecule has 0 spiro atoms. The zero-order valence-corrected chi connectivity index (χ0v) is 60.2. The quantitative estimate of drug-likeness (QED) is 0.0195. The maximum absolute atomic E-state index is 12.9. The molecule has 2 unspecified atom stereocenters. The van der Waals surface area contributed by atoms with E-state index in [1.54, 1.807) is 0 Å². The number of hydrogen-bond donors (Lipinski definition) is 0. The SMILES string of the molecule is CC/C=C\C/C=C\C/C=C\C/C=C\C/C=C\C/C=C\C/C=C\CCCCCCCCCCCCCCCCCCCC(=O)OC(COC(=O)CCCCCCCCCCCCCCCCC/C=C\C/C=C\CCCCCCC)COP(=O)([O-])OCC[N+](C)(C)C. The van der Waals surface area contributed by atoms with Crippen LogP contribution in [0.15, 0.2) is 109 Å². The van der Waals surface area contributed by atoms with Crippen molar-refractivity contribution in [3.8, 4) is 0 Å². The molecule has 2 atom stereocenters. The lowest BCUT2D eigenvalue weighted by atomic mass is 10.0. The third kappa shape index (κ3) is 73.7. The molecule has 0 aromatic rings. The Morgan fingerprint density at radius 3 is 0.944 bits per heavy atom. The average molecular weight is 1280 g/mol. The van der Waals surface area contributed by atoms with Gasteiger partial charge in [-0.3, -0.25) is 14.2 Å². The van der Waals surface area contributed by atoms with Gasteiger partial charge in [0.2, 0.25) is 0 Å². The van der Waals surface area contributed by atoms with Crippen LogP contribution < -0.4 is 4.89 Å². The van der Waals surface area contributed by atoms with E-state index in [2.05, 4.69) is 123 Å². The lowest BCUT2D eigenvalue weighted by Crippen LogP contribution is -2.37. The Hall–Kier alpha value is -3.33. The van der Waals surface area contributed by atoms with Crippen molar-refractivity contribution in [2.24, 2.45) is 0 Å². The fourth-order valence-corrected chi connectivity index (χ4v) is 11.3. The molecule has 0 amide bonds. The number of allylic oxidation sites excluding steroid dienone is 18. The summed E-state index contributed by atoms with van der Waals surface area (Å²) < 4.78 is 34.4. The first kappa shape index (κ1) is 86.7. The summed E-state index contributed by atoms with van der Waals surface area (Å²) in [6, 6.07) is 0. The molecule has 0 rings (SSSR count). The van der Waals surface area contributed by atoms with Crippen molar-refractivity contribution in [2.45, 2.75) is 341 Å². The molecule has 520 valence electrons. The van der Waals surface area contributed by atoms with Gasteiger partial charge in [-0.05, 0) is 103 Å². The van der Waals surface area contributed by atoms with Crippen LogP contribution in [0.5, 0.6) is 0 Å². The Morgan fingerprint density at radius 1 is 0.356 bits per heavy atom. The van der Waals surface area contributed by atoms with Gasteiger partial charge in [0.15, 0.2) is 6.10 Å². The van der Waals surface area contributed by atoms with Crippen LogP contribution in [0.25, 0.3) is 0 Å². The van der Waals surface area contributed by atoms with Gasteiger partial charge in [0.05, 0.1) is 27.7 Å². The fraction of sp³-hybridized carbons (Fsp3) is 0.750. The van der Waals surface area contributed by atoms with Crippen molar-refractivity contribution in [2.75, 3.05) is 47.5 Å². The summed E-state index contributed by atoms with van der Waals surface area (Å²) in [7, 11) is 1.17. The summed E-state index contributed by atoms with van der Waals surface area (Å²) in [5.74, 6) is -0.823. The minimum Gasteiger partial charge on any atom is -0.756 e. The number of phosphoric ester groups is 1. The predicted molar refractivity (Wildman–Crippen MR) is 388 cm³/mol. The van der Waals surface area contributed by atoms with E-state index in [-0.39, 0.29) is 32.0 Å². The Labute approximate surface area is 556 Å². The van der Waals surface area contributed by atoms with Gasteiger partial charge < -0.3 is 27.9 Å². The molecule has 0 aliphatic rings. The summed E-state index contributed by atoms with van der Waals surface area (Å²) in [5.41, 5.74) is 0. The second kappa shape index (κ2) is 70.0. The summed E-state index contributed by atoms with van der Waals surface area (Å²) in [6.07, 6.45) is 99.0. The van der Waals surface area contributed by atoms with Gasteiger partial charge in [-0.1, -0.05) is 329 Å². The third-order valence-corrected chi connectivity index (χ3v) is 17.2. The van der Waals surface area contributed by atoms with E-state index in [0.29, 0.717) is 17.4 Å². The Bertz CT molecular complexity index is 1890. The van der Waals surface area contributed by atoms with Crippen LogP contribution in [0.2, 0.25) is 0 Å². The van der Waals surface area contributed by atoms with Crippen LogP contribution >= 0.6 is 7.82 Å². The number of likely N-dealkylation sites (N-methyl/N-ethyl adjacent to an activating group) is 1. The number of nitrogens with zero attached hydrogens (tertiary/aromatic N) is 1. The molecule has 0 heterocycles. The lowest BCUT2D eigenvalue weighted by molar-refractivity contribution is -0.870. The molecular formula is C80H142NO8P. The zero-order valence-electron chi connectivity index (χ0n) is 59.3. The lowest BCUT2D eigenvalue weighted by Gasteiger charge is -2.28. The molecule has 90 heavy (non-hydrogen) atoms. The second-order valence-corrected chi connectivity index (χ2v) is 27.7. The van der Waals surface area contributed by atoms with E-state index in [0.717, 1.165) is 89.9 Å². The summed E-state index contributed by atoms with van der Waals surface area (Å²) in [4.78, 5) is 38.1. The van der Waals surface area contributed by atoms with E-state index in [1.165, 1.54) is 212 Å². The molecule has 0 aromatic carbocycles. The number of ether oxygens (including phenoxy) is 2.